The summed E-state index contributed by atoms with van der Waals surface area (Å²) in [6.45, 7) is 4.34. The highest BCUT2D eigenvalue weighted by Gasteiger charge is 2.10. The lowest BCUT2D eigenvalue weighted by molar-refractivity contribution is 1.09. The first-order valence-corrected chi connectivity index (χ1v) is 4.67. The third-order valence-corrected chi connectivity index (χ3v) is 2.74. The van der Waals surface area contributed by atoms with Gasteiger partial charge in [0.05, 0.1) is 0 Å². The quantitative estimate of drug-likeness (QED) is 0.585. The molecular weight excluding hydrogens is 154 g/mol. The Bertz CT molecular complexity index is 236. The SMILES string of the molecule is CC/C(C)=C1\C=CSC1=NC. The van der Waals surface area contributed by atoms with Gasteiger partial charge in [-0.3, -0.25) is 4.99 Å². The molecular formula is C9H13NS. The normalized spacial score (nSPS) is 24.8. The third kappa shape index (κ3) is 1.74. The molecule has 0 atom stereocenters. The number of allylic oxidation sites excluding steroid dienone is 2. The summed E-state index contributed by atoms with van der Waals surface area (Å²) in [5, 5.41) is 3.25. The van der Waals surface area contributed by atoms with Gasteiger partial charge in [0, 0.05) is 12.6 Å². The van der Waals surface area contributed by atoms with E-state index in [9.17, 15) is 0 Å². The van der Waals surface area contributed by atoms with Crippen molar-refractivity contribution in [3.63, 3.8) is 0 Å². The molecule has 0 aromatic heterocycles. The van der Waals surface area contributed by atoms with Crippen molar-refractivity contribution < 1.29 is 0 Å². The molecule has 0 radical (unpaired) electrons. The highest BCUT2D eigenvalue weighted by Crippen LogP contribution is 2.26. The van der Waals surface area contributed by atoms with Gasteiger partial charge in [-0.25, -0.2) is 0 Å². The van der Waals surface area contributed by atoms with E-state index in [1.165, 1.54) is 11.1 Å². The van der Waals surface area contributed by atoms with Crippen LogP contribution in [0, 0.1) is 0 Å². The Morgan fingerprint density at radius 3 is 2.91 bits per heavy atom. The van der Waals surface area contributed by atoms with Crippen LogP contribution in [0.3, 0.4) is 0 Å². The fraction of sp³-hybridized carbons (Fsp3) is 0.444. The topological polar surface area (TPSA) is 12.4 Å². The fourth-order valence-corrected chi connectivity index (χ4v) is 1.80. The maximum Gasteiger partial charge on any atom is 0.101 e. The molecule has 1 rings (SSSR count). The van der Waals surface area contributed by atoms with Gasteiger partial charge < -0.3 is 0 Å². The van der Waals surface area contributed by atoms with E-state index in [1.54, 1.807) is 11.8 Å². The zero-order chi connectivity index (χ0) is 8.27. The van der Waals surface area contributed by atoms with Gasteiger partial charge in [0.15, 0.2) is 0 Å². The molecule has 0 aliphatic carbocycles. The van der Waals surface area contributed by atoms with Gasteiger partial charge in [-0.2, -0.15) is 0 Å². The van der Waals surface area contributed by atoms with E-state index in [1.807, 2.05) is 7.05 Å². The van der Waals surface area contributed by atoms with Crippen molar-refractivity contribution in [1.29, 1.82) is 0 Å². The van der Waals surface area contributed by atoms with E-state index in [0.29, 0.717) is 0 Å². The van der Waals surface area contributed by atoms with Crippen molar-refractivity contribution in [2.75, 3.05) is 7.05 Å². The molecule has 0 unspecified atom stereocenters. The summed E-state index contributed by atoms with van der Waals surface area (Å²) in [5.41, 5.74) is 2.74. The first-order valence-electron chi connectivity index (χ1n) is 3.79. The van der Waals surface area contributed by atoms with Crippen LogP contribution in [-0.2, 0) is 0 Å². The second kappa shape index (κ2) is 3.77. The van der Waals surface area contributed by atoms with Crippen LogP contribution in [0.5, 0.6) is 0 Å². The van der Waals surface area contributed by atoms with Crippen molar-refractivity contribution in [3.05, 3.63) is 22.6 Å². The summed E-state index contributed by atoms with van der Waals surface area (Å²) < 4.78 is 0. The molecule has 2 heteroatoms. The lowest BCUT2D eigenvalue weighted by Crippen LogP contribution is -1.92. The molecule has 0 fully saturated rings. The van der Waals surface area contributed by atoms with Crippen LogP contribution in [0.1, 0.15) is 20.3 Å². The summed E-state index contributed by atoms with van der Waals surface area (Å²) in [5.74, 6) is 0. The molecule has 1 nitrogen and oxygen atoms in total. The van der Waals surface area contributed by atoms with E-state index >= 15 is 0 Å². The predicted molar refractivity (Wildman–Crippen MR) is 53.1 cm³/mol. The number of aliphatic imine (C=N–C) groups is 1. The average Bonchev–Trinajstić information content (AvgIpc) is 2.50. The van der Waals surface area contributed by atoms with Crippen LogP contribution in [0.25, 0.3) is 0 Å². The summed E-state index contributed by atoms with van der Waals surface area (Å²) in [6, 6.07) is 0. The number of hydrogen-bond donors (Lipinski definition) is 0. The molecule has 1 aliphatic heterocycles. The molecule has 60 valence electrons. The van der Waals surface area contributed by atoms with Crippen molar-refractivity contribution in [2.24, 2.45) is 4.99 Å². The van der Waals surface area contributed by atoms with Crippen LogP contribution in [0.4, 0.5) is 0 Å². The predicted octanol–water partition coefficient (Wildman–Crippen LogP) is 3.00. The Labute approximate surface area is 72.3 Å². The van der Waals surface area contributed by atoms with Gasteiger partial charge in [-0.15, -0.1) is 0 Å². The van der Waals surface area contributed by atoms with Gasteiger partial charge in [-0.1, -0.05) is 24.3 Å². The largest absolute Gasteiger partial charge is 0.281 e. The first-order chi connectivity index (χ1) is 5.29. The van der Waals surface area contributed by atoms with Crippen LogP contribution < -0.4 is 0 Å². The summed E-state index contributed by atoms with van der Waals surface area (Å²) >= 11 is 1.71. The molecule has 0 bridgehead atoms. The minimum Gasteiger partial charge on any atom is -0.281 e. The van der Waals surface area contributed by atoms with Crippen molar-refractivity contribution >= 4 is 16.8 Å². The fourth-order valence-electron chi connectivity index (χ4n) is 0.990. The monoisotopic (exact) mass is 167 g/mol. The van der Waals surface area contributed by atoms with E-state index < -0.39 is 0 Å². The number of rotatable bonds is 1. The number of hydrogen-bond acceptors (Lipinski definition) is 2. The summed E-state index contributed by atoms with van der Waals surface area (Å²) in [6.07, 6.45) is 3.26. The maximum absolute atomic E-state index is 4.20. The minimum absolute atomic E-state index is 1.11. The van der Waals surface area contributed by atoms with Crippen LogP contribution >= 0.6 is 11.8 Å². The molecule has 1 aliphatic rings. The second-order valence-corrected chi connectivity index (χ2v) is 3.39. The Hall–Kier alpha value is -0.500. The van der Waals surface area contributed by atoms with E-state index in [0.717, 1.165) is 11.5 Å². The van der Waals surface area contributed by atoms with Crippen LogP contribution in [0.2, 0.25) is 0 Å². The van der Waals surface area contributed by atoms with E-state index in [4.69, 9.17) is 0 Å². The van der Waals surface area contributed by atoms with Crippen LogP contribution in [0.15, 0.2) is 27.6 Å². The Morgan fingerprint density at radius 1 is 1.64 bits per heavy atom. The lowest BCUT2D eigenvalue weighted by atomic mass is 10.1. The van der Waals surface area contributed by atoms with Gasteiger partial charge in [0.25, 0.3) is 0 Å². The Kier molecular flexibility index (Phi) is 2.94. The lowest BCUT2D eigenvalue weighted by Gasteiger charge is -2.01. The summed E-state index contributed by atoms with van der Waals surface area (Å²) in [7, 11) is 1.85. The molecule has 0 N–H and O–H groups in total. The Balaban J connectivity index is 2.95. The van der Waals surface area contributed by atoms with Gasteiger partial charge in [0.2, 0.25) is 0 Å². The van der Waals surface area contributed by atoms with Gasteiger partial charge >= 0.3 is 0 Å². The van der Waals surface area contributed by atoms with Crippen molar-refractivity contribution in [2.45, 2.75) is 20.3 Å². The number of nitrogens with zero attached hydrogens (tertiary/aromatic N) is 1. The van der Waals surface area contributed by atoms with Gasteiger partial charge in [0.1, 0.15) is 5.04 Å². The number of thioether (sulfide) groups is 1. The third-order valence-electron chi connectivity index (χ3n) is 1.84. The average molecular weight is 167 g/mol. The minimum atomic E-state index is 1.11. The molecule has 0 aromatic rings. The zero-order valence-electron chi connectivity index (χ0n) is 7.22. The standard InChI is InChI=1S/C9H13NS/c1-4-7(2)8-5-6-11-9(8)10-3/h5-6H,4H2,1-3H3/b8-7+,10-9?. The second-order valence-electron chi connectivity index (χ2n) is 2.50. The molecule has 0 saturated carbocycles. The molecule has 0 spiro atoms. The first kappa shape index (κ1) is 8.60. The molecule has 0 amide bonds. The van der Waals surface area contributed by atoms with Gasteiger partial charge in [-0.05, 0) is 24.8 Å². The Morgan fingerprint density at radius 2 is 2.36 bits per heavy atom. The van der Waals surface area contributed by atoms with E-state index in [2.05, 4.69) is 30.3 Å². The molecule has 11 heavy (non-hydrogen) atoms. The van der Waals surface area contributed by atoms with Crippen LogP contribution in [-0.4, -0.2) is 12.1 Å². The smallest absolute Gasteiger partial charge is 0.101 e. The zero-order valence-corrected chi connectivity index (χ0v) is 8.03. The molecule has 0 aromatic carbocycles. The van der Waals surface area contributed by atoms with Crippen molar-refractivity contribution in [3.8, 4) is 0 Å². The van der Waals surface area contributed by atoms with Crippen molar-refractivity contribution in [1.82, 2.24) is 0 Å². The molecule has 1 heterocycles. The summed E-state index contributed by atoms with van der Waals surface area (Å²) in [4.78, 5) is 4.20. The highest BCUT2D eigenvalue weighted by atomic mass is 32.2. The van der Waals surface area contributed by atoms with E-state index in [-0.39, 0.29) is 0 Å². The maximum atomic E-state index is 4.20. The highest BCUT2D eigenvalue weighted by molar-refractivity contribution is 8.17. The molecule has 0 saturated heterocycles.